The maximum absolute atomic E-state index is 12.4. The van der Waals surface area contributed by atoms with Crippen LogP contribution in [0.2, 0.25) is 0 Å². The van der Waals surface area contributed by atoms with E-state index in [0.29, 0.717) is 28.1 Å². The van der Waals surface area contributed by atoms with E-state index in [2.05, 4.69) is 111 Å². The normalized spacial score (nSPS) is 13.9. The number of para-hydroxylation sites is 1. The Balaban J connectivity index is 1.31. The first-order valence-corrected chi connectivity index (χ1v) is 23.1. The topological polar surface area (TPSA) is 50.9 Å². The first-order chi connectivity index (χ1) is 34.2. The molecule has 0 saturated carbocycles. The number of hydrogen-bond donors (Lipinski definition) is 1. The third-order valence-electron chi connectivity index (χ3n) is 12.9. The molecule has 0 saturated heterocycles. The van der Waals surface area contributed by atoms with Crippen molar-refractivity contribution < 1.29 is 13.3 Å². The summed E-state index contributed by atoms with van der Waals surface area (Å²) in [5, 5.41) is 12.4. The van der Waals surface area contributed by atoms with Crippen molar-refractivity contribution >= 4 is 11.0 Å². The third-order valence-corrected chi connectivity index (χ3v) is 12.9. The molecule has 2 heterocycles. The van der Waals surface area contributed by atoms with Crippen LogP contribution in [0.15, 0.2) is 158 Å². The van der Waals surface area contributed by atoms with Gasteiger partial charge in [-0.25, -0.2) is 4.98 Å². The van der Waals surface area contributed by atoms with Crippen LogP contribution in [0.4, 0.5) is 0 Å². The van der Waals surface area contributed by atoms with Gasteiger partial charge < -0.3 is 5.11 Å². The number of rotatable bonds is 7. The van der Waals surface area contributed by atoms with E-state index in [4.69, 9.17) is 14.1 Å². The van der Waals surface area contributed by atoms with Gasteiger partial charge in [0.2, 0.25) is 0 Å². The number of phenols is 1. The molecule has 0 fully saturated rings. The molecular formula is C63H63N3O. The largest absolute Gasteiger partial charge is 0.507 e. The first kappa shape index (κ1) is 38.1. The molecule has 4 nitrogen and oxygen atoms in total. The predicted octanol–water partition coefficient (Wildman–Crippen LogP) is 16.9. The Bertz CT molecular complexity index is 3550. The number of imidazole rings is 1. The first-order valence-electron chi connectivity index (χ1n) is 26.1. The van der Waals surface area contributed by atoms with Crippen LogP contribution in [0.3, 0.4) is 0 Å². The molecule has 0 radical (unpaired) electrons. The standard InChI is InChI=1S/C63H63N3O/c1-39-24-26-42(27-25-39)44-30-31-64-54(38-44)47-35-46(36-48(37-47)61(4,5)6)50-21-17-23-56-58(50)65-60(51-32-40(2)33-53(59(51)67)63(10,11)12)66(56)55-29-28-45(34-41(55)3)57-49(43-18-14-13-15-19-43)20-16-22-52(57)62(7,8)9/h13-38,67H,1-12H3/i1D3,3D3. The van der Waals surface area contributed by atoms with Crippen molar-refractivity contribution in [2.45, 2.75) is 99.2 Å². The van der Waals surface area contributed by atoms with Gasteiger partial charge in [0, 0.05) is 31.1 Å². The molecule has 1 N–H and O–H groups in total. The van der Waals surface area contributed by atoms with Crippen LogP contribution in [-0.4, -0.2) is 19.6 Å². The number of nitrogens with zero attached hydrogens (tertiary/aromatic N) is 3. The Kier molecular flexibility index (Phi) is 9.66. The van der Waals surface area contributed by atoms with Gasteiger partial charge in [-0.2, -0.15) is 0 Å². The maximum atomic E-state index is 12.4. The zero-order valence-corrected chi connectivity index (χ0v) is 40.3. The highest BCUT2D eigenvalue weighted by molar-refractivity contribution is 5.97. The number of aromatic nitrogens is 3. The smallest absolute Gasteiger partial charge is 0.149 e. The second-order valence-corrected chi connectivity index (χ2v) is 21.0. The van der Waals surface area contributed by atoms with Crippen LogP contribution in [0.1, 0.15) is 104 Å². The van der Waals surface area contributed by atoms with E-state index in [9.17, 15) is 9.22 Å². The average molecular weight is 884 g/mol. The number of aryl methyl sites for hydroxylation is 3. The van der Waals surface area contributed by atoms with Crippen molar-refractivity contribution in [2.24, 2.45) is 0 Å². The van der Waals surface area contributed by atoms with Crippen molar-refractivity contribution in [3.63, 3.8) is 0 Å². The molecule has 0 aliphatic carbocycles. The lowest BCUT2D eigenvalue weighted by Gasteiger charge is -2.26. The summed E-state index contributed by atoms with van der Waals surface area (Å²) in [5.74, 6) is 0.504. The van der Waals surface area contributed by atoms with E-state index in [0.717, 1.165) is 78.0 Å². The van der Waals surface area contributed by atoms with Gasteiger partial charge in [0.25, 0.3) is 0 Å². The van der Waals surface area contributed by atoms with Gasteiger partial charge in [0.05, 0.1) is 28.0 Å². The molecule has 4 heteroatoms. The quantitative estimate of drug-likeness (QED) is 0.173. The molecule has 0 spiro atoms. The zero-order valence-electron chi connectivity index (χ0n) is 46.3. The fourth-order valence-corrected chi connectivity index (χ4v) is 9.31. The van der Waals surface area contributed by atoms with E-state index in [1.165, 1.54) is 0 Å². The number of hydrogen-bond acceptors (Lipinski definition) is 3. The second kappa shape index (κ2) is 17.0. The summed E-state index contributed by atoms with van der Waals surface area (Å²) in [7, 11) is 0. The van der Waals surface area contributed by atoms with Crippen molar-refractivity contribution in [2.75, 3.05) is 0 Å². The number of pyridine rings is 1. The van der Waals surface area contributed by atoms with Crippen molar-refractivity contribution in [1.29, 1.82) is 0 Å². The molecule has 0 aliphatic rings. The Hall–Kier alpha value is -7.04. The monoisotopic (exact) mass is 884 g/mol. The second-order valence-electron chi connectivity index (χ2n) is 21.0. The summed E-state index contributed by atoms with van der Waals surface area (Å²) in [6.45, 7) is 16.5. The number of aromatic hydroxyl groups is 1. The molecule has 0 aliphatic heterocycles. The molecule has 2 aromatic heterocycles. The molecule has 7 aromatic carbocycles. The number of phenolic OH excluding ortho intramolecular Hbond substituents is 1. The summed E-state index contributed by atoms with van der Waals surface area (Å²) in [5.41, 5.74) is 14.5. The zero-order chi connectivity index (χ0) is 52.6. The third kappa shape index (κ3) is 8.74. The number of benzene rings is 7. The van der Waals surface area contributed by atoms with Gasteiger partial charge in [-0.1, -0.05) is 171 Å². The van der Waals surface area contributed by atoms with Crippen LogP contribution in [0.25, 0.3) is 83.9 Å². The predicted molar refractivity (Wildman–Crippen MR) is 283 cm³/mol. The molecule has 0 amide bonds. The van der Waals surface area contributed by atoms with E-state index in [1.54, 1.807) is 18.3 Å². The van der Waals surface area contributed by atoms with Crippen molar-refractivity contribution in [1.82, 2.24) is 14.5 Å². The lowest BCUT2D eigenvalue weighted by atomic mass is 9.78. The minimum Gasteiger partial charge on any atom is -0.507 e. The van der Waals surface area contributed by atoms with Crippen LogP contribution < -0.4 is 0 Å². The summed E-state index contributed by atoms with van der Waals surface area (Å²) in [6, 6.07) is 49.6. The van der Waals surface area contributed by atoms with Gasteiger partial charge in [-0.05, 0) is 147 Å². The Morgan fingerprint density at radius 2 is 1.21 bits per heavy atom. The van der Waals surface area contributed by atoms with Gasteiger partial charge in [-0.3, -0.25) is 9.55 Å². The van der Waals surface area contributed by atoms with E-state index < -0.39 is 19.1 Å². The van der Waals surface area contributed by atoms with Crippen LogP contribution in [0, 0.1) is 20.6 Å². The fourth-order valence-electron chi connectivity index (χ4n) is 9.31. The minimum atomic E-state index is -2.57. The highest BCUT2D eigenvalue weighted by Crippen LogP contribution is 2.45. The molecule has 67 heavy (non-hydrogen) atoms. The Labute approximate surface area is 406 Å². The van der Waals surface area contributed by atoms with Crippen LogP contribution in [-0.2, 0) is 16.2 Å². The number of fused-ring (bicyclic) bond motifs is 1. The Morgan fingerprint density at radius 1 is 0.507 bits per heavy atom. The van der Waals surface area contributed by atoms with Crippen molar-refractivity contribution in [3.05, 3.63) is 191 Å². The Morgan fingerprint density at radius 3 is 1.91 bits per heavy atom. The molecule has 0 unspecified atom stereocenters. The van der Waals surface area contributed by atoms with E-state index in [1.807, 2.05) is 102 Å². The van der Waals surface area contributed by atoms with Gasteiger partial charge in [0.15, 0.2) is 0 Å². The minimum absolute atomic E-state index is 0.0888. The molecular weight excluding hydrogens is 815 g/mol. The molecule has 0 bridgehead atoms. The van der Waals surface area contributed by atoms with E-state index in [-0.39, 0.29) is 27.7 Å². The van der Waals surface area contributed by atoms with Gasteiger partial charge in [-0.15, -0.1) is 0 Å². The molecule has 9 rings (SSSR count). The lowest BCUT2D eigenvalue weighted by molar-refractivity contribution is 0.448. The molecule has 9 aromatic rings. The highest BCUT2D eigenvalue weighted by Gasteiger charge is 2.28. The maximum Gasteiger partial charge on any atom is 0.149 e. The summed E-state index contributed by atoms with van der Waals surface area (Å²) in [6.07, 6.45) is 1.78. The van der Waals surface area contributed by atoms with E-state index >= 15 is 0 Å². The average Bonchev–Trinajstić information content (AvgIpc) is 3.72. The molecule has 0 atom stereocenters. The summed E-state index contributed by atoms with van der Waals surface area (Å²) < 4.78 is 53.2. The fraction of sp³-hybridized carbons (Fsp3) is 0.238. The van der Waals surface area contributed by atoms with Crippen LogP contribution in [0.5, 0.6) is 5.75 Å². The van der Waals surface area contributed by atoms with Crippen LogP contribution >= 0.6 is 0 Å². The summed E-state index contributed by atoms with van der Waals surface area (Å²) >= 11 is 0. The highest BCUT2D eigenvalue weighted by atomic mass is 16.3. The van der Waals surface area contributed by atoms with Gasteiger partial charge in [0.1, 0.15) is 11.6 Å². The van der Waals surface area contributed by atoms with Gasteiger partial charge >= 0.3 is 0 Å². The lowest BCUT2D eigenvalue weighted by Crippen LogP contribution is -2.13. The molecule has 336 valence electrons. The summed E-state index contributed by atoms with van der Waals surface area (Å²) in [4.78, 5) is 10.4. The van der Waals surface area contributed by atoms with Crippen molar-refractivity contribution in [3.8, 4) is 78.6 Å². The SMILES string of the molecule is [2H]C([2H])([2H])c1ccc(-c2ccnc(-c3cc(-c4cccc5c4nc(-c4cc(C)cc(C(C)(C)C)c4O)n5-c4ccc(-c5c(-c6ccccc6)cccc5C(C)(C)C)cc4C([2H])([2H])[2H])cc(C(C)(C)C)c3)c2)cc1.